The van der Waals surface area contributed by atoms with E-state index in [1.807, 2.05) is 31.2 Å². The summed E-state index contributed by atoms with van der Waals surface area (Å²) >= 11 is 1.36. The molecule has 0 aromatic heterocycles. The van der Waals surface area contributed by atoms with Crippen LogP contribution in [0.1, 0.15) is 18.1 Å². The first kappa shape index (κ1) is 18.1. The molecule has 0 saturated carbocycles. The van der Waals surface area contributed by atoms with Crippen molar-refractivity contribution in [2.24, 2.45) is 10.2 Å². The number of carbonyl (C=O) groups excluding carboxylic acids is 1. The molecule has 0 aliphatic carbocycles. The molecule has 134 valence electrons. The normalized spacial score (nSPS) is 18.9. The van der Waals surface area contributed by atoms with Crippen molar-refractivity contribution >= 4 is 29.1 Å². The Morgan fingerprint density at radius 1 is 1.19 bits per heavy atom. The number of halogens is 1. The summed E-state index contributed by atoms with van der Waals surface area (Å²) in [4.78, 5) is 14.0. The van der Waals surface area contributed by atoms with Crippen molar-refractivity contribution in [2.75, 3.05) is 7.11 Å². The molecule has 2 aromatic rings. The van der Waals surface area contributed by atoms with Crippen LogP contribution in [0.15, 0.2) is 58.7 Å². The largest absolute Gasteiger partial charge is 0.497 e. The van der Waals surface area contributed by atoms with E-state index in [2.05, 4.69) is 10.2 Å². The minimum atomic E-state index is -0.303. The highest BCUT2D eigenvalue weighted by Crippen LogP contribution is 2.28. The molecule has 0 bridgehead atoms. The molecule has 0 spiro atoms. The summed E-state index contributed by atoms with van der Waals surface area (Å²) in [6, 6.07) is 13.5. The summed E-state index contributed by atoms with van der Waals surface area (Å²) in [7, 11) is 1.61. The number of amides is 1. The zero-order valence-corrected chi connectivity index (χ0v) is 15.2. The molecule has 1 aliphatic heterocycles. The van der Waals surface area contributed by atoms with Crippen LogP contribution in [0.5, 0.6) is 5.75 Å². The highest BCUT2D eigenvalue weighted by molar-refractivity contribution is 8.15. The second-order valence-corrected chi connectivity index (χ2v) is 7.02. The molecular formula is C19H18FN3O2S. The molecule has 1 heterocycles. The van der Waals surface area contributed by atoms with Crippen LogP contribution in [0.25, 0.3) is 0 Å². The SMILES string of the molecule is COc1ccc(C=NN=C2SC(C)C(=O)N2Cc2ccc(F)cc2)cc1. The monoisotopic (exact) mass is 371 g/mol. The van der Waals surface area contributed by atoms with Crippen molar-refractivity contribution in [3.8, 4) is 5.75 Å². The molecule has 0 radical (unpaired) electrons. The average molecular weight is 371 g/mol. The van der Waals surface area contributed by atoms with Gasteiger partial charge < -0.3 is 4.74 Å². The topological polar surface area (TPSA) is 54.3 Å². The number of hydrogen-bond donors (Lipinski definition) is 0. The quantitative estimate of drug-likeness (QED) is 0.595. The molecule has 1 amide bonds. The van der Waals surface area contributed by atoms with E-state index in [0.29, 0.717) is 11.7 Å². The highest BCUT2D eigenvalue weighted by Gasteiger charge is 2.35. The lowest BCUT2D eigenvalue weighted by atomic mass is 10.2. The lowest BCUT2D eigenvalue weighted by Crippen LogP contribution is -2.30. The van der Waals surface area contributed by atoms with Gasteiger partial charge in [0.2, 0.25) is 5.91 Å². The Balaban J connectivity index is 1.74. The summed E-state index contributed by atoms with van der Waals surface area (Å²) < 4.78 is 18.2. The van der Waals surface area contributed by atoms with Gasteiger partial charge in [0.1, 0.15) is 11.6 Å². The predicted molar refractivity (Wildman–Crippen MR) is 102 cm³/mol. The summed E-state index contributed by atoms with van der Waals surface area (Å²) in [6.07, 6.45) is 1.62. The van der Waals surface area contributed by atoms with Crippen molar-refractivity contribution in [1.82, 2.24) is 4.90 Å². The van der Waals surface area contributed by atoms with Gasteiger partial charge in [0.25, 0.3) is 0 Å². The fourth-order valence-corrected chi connectivity index (χ4v) is 3.34. The molecule has 3 rings (SSSR count). The molecule has 1 saturated heterocycles. The van der Waals surface area contributed by atoms with Crippen molar-refractivity contribution in [3.05, 3.63) is 65.5 Å². The third-order valence-electron chi connectivity index (χ3n) is 3.85. The van der Waals surface area contributed by atoms with Gasteiger partial charge in [-0.05, 0) is 54.4 Å². The van der Waals surface area contributed by atoms with Crippen LogP contribution >= 0.6 is 11.8 Å². The number of benzene rings is 2. The number of carbonyl (C=O) groups is 1. The van der Waals surface area contributed by atoms with E-state index < -0.39 is 0 Å². The number of methoxy groups -OCH3 is 1. The maximum atomic E-state index is 13.1. The summed E-state index contributed by atoms with van der Waals surface area (Å²) in [5.41, 5.74) is 1.71. The highest BCUT2D eigenvalue weighted by atomic mass is 32.2. The van der Waals surface area contributed by atoms with Crippen LogP contribution in [0.2, 0.25) is 0 Å². The Morgan fingerprint density at radius 3 is 2.54 bits per heavy atom. The molecule has 2 aromatic carbocycles. The minimum Gasteiger partial charge on any atom is -0.497 e. The summed E-state index contributed by atoms with van der Waals surface area (Å²) in [5, 5.41) is 8.63. The molecule has 1 aliphatic rings. The fraction of sp³-hybridized carbons (Fsp3) is 0.211. The number of hydrogen-bond acceptors (Lipinski definition) is 5. The number of nitrogens with zero attached hydrogens (tertiary/aromatic N) is 3. The van der Waals surface area contributed by atoms with Gasteiger partial charge in [0, 0.05) is 0 Å². The number of thioether (sulfide) groups is 1. The van der Waals surface area contributed by atoms with Crippen molar-refractivity contribution in [3.63, 3.8) is 0 Å². The standard InChI is InChI=1S/C19H18FN3O2S/c1-13-18(24)23(12-15-3-7-16(20)8-4-15)19(26-13)22-21-11-14-5-9-17(25-2)10-6-14/h3-11,13H,12H2,1-2H3. The first-order chi connectivity index (χ1) is 12.6. The van der Waals surface area contributed by atoms with Gasteiger partial charge in [-0.15, -0.1) is 5.10 Å². The summed E-state index contributed by atoms with van der Waals surface area (Å²) in [5.74, 6) is 0.435. The Morgan fingerprint density at radius 2 is 1.88 bits per heavy atom. The second kappa shape index (κ2) is 8.14. The third kappa shape index (κ3) is 4.29. The van der Waals surface area contributed by atoms with E-state index in [-0.39, 0.29) is 17.0 Å². The van der Waals surface area contributed by atoms with E-state index >= 15 is 0 Å². The lowest BCUT2D eigenvalue weighted by Gasteiger charge is -2.15. The Labute approximate surface area is 155 Å². The van der Waals surface area contributed by atoms with E-state index in [9.17, 15) is 9.18 Å². The molecule has 0 N–H and O–H groups in total. The maximum absolute atomic E-state index is 13.1. The third-order valence-corrected chi connectivity index (χ3v) is 4.91. The van der Waals surface area contributed by atoms with Gasteiger partial charge in [0.15, 0.2) is 5.17 Å². The van der Waals surface area contributed by atoms with Crippen LogP contribution in [0.4, 0.5) is 4.39 Å². The van der Waals surface area contributed by atoms with Gasteiger partial charge in [-0.1, -0.05) is 23.9 Å². The molecule has 1 atom stereocenters. The van der Waals surface area contributed by atoms with Crippen molar-refractivity contribution in [2.45, 2.75) is 18.7 Å². The second-order valence-electron chi connectivity index (χ2n) is 5.71. The zero-order chi connectivity index (χ0) is 18.5. The molecule has 7 heteroatoms. The number of amidine groups is 1. The zero-order valence-electron chi connectivity index (χ0n) is 14.4. The summed E-state index contributed by atoms with van der Waals surface area (Å²) in [6.45, 7) is 2.17. The van der Waals surface area contributed by atoms with Crippen LogP contribution < -0.4 is 4.74 Å². The lowest BCUT2D eigenvalue weighted by molar-refractivity contribution is -0.126. The van der Waals surface area contributed by atoms with Crippen LogP contribution in [0.3, 0.4) is 0 Å². The molecule has 1 unspecified atom stereocenters. The van der Waals surface area contributed by atoms with Gasteiger partial charge in [0.05, 0.1) is 25.1 Å². The van der Waals surface area contributed by atoms with Crippen LogP contribution in [-0.4, -0.2) is 34.5 Å². The number of rotatable bonds is 5. The van der Waals surface area contributed by atoms with Crippen LogP contribution in [0, 0.1) is 5.82 Å². The number of ether oxygens (including phenoxy) is 1. The van der Waals surface area contributed by atoms with E-state index in [4.69, 9.17) is 4.74 Å². The first-order valence-electron chi connectivity index (χ1n) is 8.04. The Kier molecular flexibility index (Phi) is 5.68. The van der Waals surface area contributed by atoms with Gasteiger partial charge in [-0.3, -0.25) is 9.69 Å². The van der Waals surface area contributed by atoms with E-state index in [0.717, 1.165) is 16.9 Å². The molecule has 5 nitrogen and oxygen atoms in total. The van der Waals surface area contributed by atoms with Crippen molar-refractivity contribution < 1.29 is 13.9 Å². The van der Waals surface area contributed by atoms with E-state index in [1.54, 1.807) is 30.4 Å². The molecule has 1 fully saturated rings. The molecule has 26 heavy (non-hydrogen) atoms. The molecular weight excluding hydrogens is 353 g/mol. The van der Waals surface area contributed by atoms with Gasteiger partial charge in [-0.25, -0.2) is 4.39 Å². The van der Waals surface area contributed by atoms with E-state index in [1.165, 1.54) is 23.9 Å². The Bertz CT molecular complexity index is 835. The smallest absolute Gasteiger partial charge is 0.242 e. The first-order valence-corrected chi connectivity index (χ1v) is 8.92. The fourth-order valence-electron chi connectivity index (χ4n) is 2.42. The average Bonchev–Trinajstić information content (AvgIpc) is 2.92. The van der Waals surface area contributed by atoms with Gasteiger partial charge >= 0.3 is 0 Å². The van der Waals surface area contributed by atoms with Gasteiger partial charge in [-0.2, -0.15) is 5.10 Å². The van der Waals surface area contributed by atoms with Crippen molar-refractivity contribution in [1.29, 1.82) is 0 Å². The minimum absolute atomic E-state index is 0.0299. The maximum Gasteiger partial charge on any atom is 0.242 e. The Hall–Kier alpha value is -2.67. The predicted octanol–water partition coefficient (Wildman–Crippen LogP) is 3.69. The van der Waals surface area contributed by atoms with Crippen LogP contribution in [-0.2, 0) is 11.3 Å².